The molecule has 27 heavy (non-hydrogen) atoms. The molecule has 1 saturated heterocycles. The van der Waals surface area contributed by atoms with Crippen LogP contribution in [0.5, 0.6) is 5.75 Å². The number of halogens is 2. The van der Waals surface area contributed by atoms with Crippen molar-refractivity contribution in [3.05, 3.63) is 54.0 Å². The van der Waals surface area contributed by atoms with Crippen molar-refractivity contribution in [2.75, 3.05) is 26.9 Å². The second kappa shape index (κ2) is 6.98. The van der Waals surface area contributed by atoms with Gasteiger partial charge in [0, 0.05) is 24.3 Å². The normalized spacial score (nSPS) is 24.4. The Labute approximate surface area is 155 Å². The van der Waals surface area contributed by atoms with Gasteiger partial charge in [0.15, 0.2) is 6.23 Å². The highest BCUT2D eigenvalue weighted by molar-refractivity contribution is 5.79. The lowest BCUT2D eigenvalue weighted by Gasteiger charge is -2.38. The van der Waals surface area contributed by atoms with Gasteiger partial charge in [-0.15, -0.1) is 0 Å². The van der Waals surface area contributed by atoms with Crippen LogP contribution in [0.25, 0.3) is 11.0 Å². The van der Waals surface area contributed by atoms with Crippen molar-refractivity contribution in [2.45, 2.75) is 25.1 Å². The van der Waals surface area contributed by atoms with E-state index in [0.717, 1.165) is 22.3 Å². The molecule has 2 aromatic rings. The topological polar surface area (TPSA) is 44.1 Å². The summed E-state index contributed by atoms with van der Waals surface area (Å²) in [6.07, 6.45) is 4.54. The lowest BCUT2D eigenvalue weighted by molar-refractivity contribution is -0.0884. The van der Waals surface area contributed by atoms with E-state index in [4.69, 9.17) is 18.6 Å². The van der Waals surface area contributed by atoms with Crippen molar-refractivity contribution in [2.24, 2.45) is 0 Å². The van der Waals surface area contributed by atoms with Gasteiger partial charge >= 0.3 is 0 Å². The first-order valence-electron chi connectivity index (χ1n) is 8.74. The molecule has 5 nitrogen and oxygen atoms in total. The molecule has 0 aliphatic carbocycles. The first kappa shape index (κ1) is 18.0. The minimum atomic E-state index is -2.92. The van der Waals surface area contributed by atoms with Crippen LogP contribution in [0.2, 0.25) is 0 Å². The van der Waals surface area contributed by atoms with Crippen LogP contribution in [0.3, 0.4) is 0 Å². The number of alkyl halides is 2. The first-order chi connectivity index (χ1) is 13.0. The van der Waals surface area contributed by atoms with Gasteiger partial charge in [0.2, 0.25) is 0 Å². The van der Waals surface area contributed by atoms with Crippen molar-refractivity contribution in [1.29, 1.82) is 0 Å². The molecule has 0 N–H and O–H groups in total. The Bertz CT molecular complexity index is 889. The zero-order chi connectivity index (χ0) is 19.0. The van der Waals surface area contributed by atoms with Gasteiger partial charge in [-0.1, -0.05) is 6.08 Å². The summed E-state index contributed by atoms with van der Waals surface area (Å²) in [5, 5.41) is 0.954. The van der Waals surface area contributed by atoms with E-state index < -0.39 is 24.8 Å². The average molecular weight is 377 g/mol. The summed E-state index contributed by atoms with van der Waals surface area (Å²) in [4.78, 5) is 1.51. The standard InChI is InChI=1S/C20H21F2NO4/c1-13-8-15-9-16(5-6-17(15)27-13)26-10-14-4-3-7-23(19(14)24-2)18-11-25-12-20(18,21)22/h3-9,18-19H,10-12H2,1-2H3. The maximum atomic E-state index is 14.1. The highest BCUT2D eigenvalue weighted by atomic mass is 19.3. The fraction of sp³-hybridized carbons (Fsp3) is 0.400. The van der Waals surface area contributed by atoms with Gasteiger partial charge in [0.05, 0.1) is 6.61 Å². The zero-order valence-corrected chi connectivity index (χ0v) is 15.2. The largest absolute Gasteiger partial charge is 0.489 e. The third-order valence-electron chi connectivity index (χ3n) is 4.81. The molecule has 2 unspecified atom stereocenters. The van der Waals surface area contributed by atoms with Crippen LogP contribution in [0, 0.1) is 6.92 Å². The van der Waals surface area contributed by atoms with Gasteiger partial charge in [-0.05, 0) is 37.3 Å². The van der Waals surface area contributed by atoms with Crippen molar-refractivity contribution >= 4 is 11.0 Å². The summed E-state index contributed by atoms with van der Waals surface area (Å²) >= 11 is 0. The number of hydrogen-bond donors (Lipinski definition) is 0. The molecular formula is C20H21F2NO4. The zero-order valence-electron chi connectivity index (χ0n) is 15.2. The predicted molar refractivity (Wildman–Crippen MR) is 95.9 cm³/mol. The Balaban J connectivity index is 1.48. The lowest BCUT2D eigenvalue weighted by Crippen LogP contribution is -2.51. The summed E-state index contributed by atoms with van der Waals surface area (Å²) in [5.41, 5.74) is 1.55. The third-order valence-corrected chi connectivity index (χ3v) is 4.81. The molecule has 1 fully saturated rings. The van der Waals surface area contributed by atoms with Crippen molar-refractivity contribution < 1.29 is 27.4 Å². The van der Waals surface area contributed by atoms with Crippen molar-refractivity contribution in [3.8, 4) is 5.75 Å². The van der Waals surface area contributed by atoms with E-state index in [0.29, 0.717) is 5.75 Å². The predicted octanol–water partition coefficient (Wildman–Crippen LogP) is 3.88. The molecule has 0 radical (unpaired) electrons. The number of fused-ring (bicyclic) bond motifs is 1. The fourth-order valence-corrected chi connectivity index (χ4v) is 3.52. The smallest absolute Gasteiger partial charge is 0.293 e. The highest BCUT2D eigenvalue weighted by Crippen LogP contribution is 2.34. The molecule has 1 aromatic carbocycles. The summed E-state index contributed by atoms with van der Waals surface area (Å²) in [7, 11) is 1.50. The third kappa shape index (κ3) is 3.44. The number of hydrogen-bond acceptors (Lipinski definition) is 5. The number of ether oxygens (including phenoxy) is 3. The molecular weight excluding hydrogens is 356 g/mol. The Morgan fingerprint density at radius 3 is 2.89 bits per heavy atom. The summed E-state index contributed by atoms with van der Waals surface area (Å²) in [6.45, 7) is 1.50. The number of rotatable bonds is 5. The molecule has 0 spiro atoms. The van der Waals surface area contributed by atoms with E-state index in [9.17, 15) is 8.78 Å². The number of methoxy groups -OCH3 is 1. The lowest BCUT2D eigenvalue weighted by atomic mass is 10.1. The van der Waals surface area contributed by atoms with Gasteiger partial charge < -0.3 is 23.5 Å². The minimum Gasteiger partial charge on any atom is -0.489 e. The SMILES string of the molecule is COC1C(COc2ccc3oc(C)cc3c2)=CC=CN1C1COCC1(F)F. The van der Waals surface area contributed by atoms with E-state index in [1.165, 1.54) is 12.0 Å². The Kier molecular flexibility index (Phi) is 4.65. The van der Waals surface area contributed by atoms with E-state index in [1.54, 1.807) is 12.3 Å². The number of nitrogens with zero attached hydrogens (tertiary/aromatic N) is 1. The average Bonchev–Trinajstić information content (AvgIpc) is 3.19. The Morgan fingerprint density at radius 2 is 2.15 bits per heavy atom. The molecule has 4 rings (SSSR count). The molecule has 7 heteroatoms. The van der Waals surface area contributed by atoms with E-state index in [2.05, 4.69) is 0 Å². The van der Waals surface area contributed by atoms with Crippen LogP contribution < -0.4 is 4.74 Å². The van der Waals surface area contributed by atoms with Gasteiger partial charge in [-0.25, -0.2) is 8.78 Å². The quantitative estimate of drug-likeness (QED) is 0.791. The number of allylic oxidation sites excluding steroid dienone is 2. The molecule has 144 valence electrons. The van der Waals surface area contributed by atoms with Gasteiger partial charge in [0.1, 0.15) is 36.3 Å². The summed E-state index contributed by atoms with van der Waals surface area (Å²) in [6, 6.07) is 6.44. The molecule has 2 aliphatic rings. The van der Waals surface area contributed by atoms with Crippen LogP contribution in [0.4, 0.5) is 8.78 Å². The van der Waals surface area contributed by atoms with Crippen molar-refractivity contribution in [1.82, 2.24) is 4.90 Å². The van der Waals surface area contributed by atoms with E-state index in [-0.39, 0.29) is 13.2 Å². The van der Waals surface area contributed by atoms with Crippen LogP contribution in [0.1, 0.15) is 5.76 Å². The van der Waals surface area contributed by atoms with Crippen molar-refractivity contribution in [3.63, 3.8) is 0 Å². The molecule has 0 bridgehead atoms. The fourth-order valence-electron chi connectivity index (χ4n) is 3.52. The second-order valence-corrected chi connectivity index (χ2v) is 6.76. The minimum absolute atomic E-state index is 0.0398. The molecule has 0 amide bonds. The maximum Gasteiger partial charge on any atom is 0.293 e. The van der Waals surface area contributed by atoms with E-state index in [1.807, 2.05) is 37.3 Å². The van der Waals surface area contributed by atoms with Crippen LogP contribution in [-0.4, -0.2) is 50.0 Å². The van der Waals surface area contributed by atoms with Gasteiger partial charge in [-0.3, -0.25) is 0 Å². The first-order valence-corrected chi connectivity index (χ1v) is 8.74. The number of furan rings is 1. The number of benzene rings is 1. The maximum absolute atomic E-state index is 14.1. The highest BCUT2D eigenvalue weighted by Gasteiger charge is 2.50. The molecule has 2 aliphatic heterocycles. The molecule has 3 heterocycles. The molecule has 2 atom stereocenters. The van der Waals surface area contributed by atoms with Gasteiger partial charge in [-0.2, -0.15) is 0 Å². The Morgan fingerprint density at radius 1 is 1.30 bits per heavy atom. The van der Waals surface area contributed by atoms with Crippen LogP contribution >= 0.6 is 0 Å². The van der Waals surface area contributed by atoms with Crippen LogP contribution in [-0.2, 0) is 9.47 Å². The Hall–Kier alpha value is -2.38. The van der Waals surface area contributed by atoms with E-state index >= 15 is 0 Å². The second-order valence-electron chi connectivity index (χ2n) is 6.76. The van der Waals surface area contributed by atoms with Crippen LogP contribution in [0.15, 0.2) is 52.6 Å². The van der Waals surface area contributed by atoms with Gasteiger partial charge in [0.25, 0.3) is 5.92 Å². The molecule has 1 aromatic heterocycles. The molecule has 0 saturated carbocycles. The summed E-state index contributed by atoms with van der Waals surface area (Å²) < 4.78 is 50.2. The monoisotopic (exact) mass is 377 g/mol. The number of aryl methyl sites for hydroxylation is 1. The summed E-state index contributed by atoms with van der Waals surface area (Å²) in [5.74, 6) is -1.42.